The second kappa shape index (κ2) is 8.11. The first-order chi connectivity index (χ1) is 13.2. The van der Waals surface area contributed by atoms with Gasteiger partial charge in [-0.3, -0.25) is 4.79 Å². The average Bonchev–Trinajstić information content (AvgIpc) is 3.22. The molecule has 5 nitrogen and oxygen atoms in total. The molecule has 27 heavy (non-hydrogen) atoms. The van der Waals surface area contributed by atoms with Crippen molar-refractivity contribution in [2.24, 2.45) is 0 Å². The van der Waals surface area contributed by atoms with Gasteiger partial charge >= 0.3 is 0 Å². The number of aromatic hydroxyl groups is 1. The number of hydrogen-bond acceptors (Lipinski definition) is 4. The normalized spacial score (nSPS) is 23.5. The van der Waals surface area contributed by atoms with E-state index < -0.39 is 0 Å². The average molecular weight is 366 g/mol. The van der Waals surface area contributed by atoms with Crippen LogP contribution in [0.2, 0.25) is 0 Å². The van der Waals surface area contributed by atoms with Crippen LogP contribution in [0.3, 0.4) is 0 Å². The Morgan fingerprint density at radius 1 is 1.00 bits per heavy atom. The van der Waals surface area contributed by atoms with Crippen molar-refractivity contribution in [2.45, 2.75) is 25.0 Å². The molecule has 2 aromatic carbocycles. The van der Waals surface area contributed by atoms with Crippen molar-refractivity contribution < 1.29 is 14.6 Å². The van der Waals surface area contributed by atoms with Gasteiger partial charge in [-0.25, -0.2) is 0 Å². The number of hydrogen-bond donors (Lipinski definition) is 1. The van der Waals surface area contributed by atoms with Crippen LogP contribution >= 0.6 is 0 Å². The van der Waals surface area contributed by atoms with Gasteiger partial charge in [-0.2, -0.15) is 0 Å². The molecule has 0 unspecified atom stereocenters. The molecule has 0 aromatic heterocycles. The van der Waals surface area contributed by atoms with E-state index in [4.69, 9.17) is 4.74 Å². The van der Waals surface area contributed by atoms with Gasteiger partial charge in [0.15, 0.2) is 0 Å². The van der Waals surface area contributed by atoms with Crippen molar-refractivity contribution in [2.75, 3.05) is 32.8 Å². The summed E-state index contributed by atoms with van der Waals surface area (Å²) in [7, 11) is 0. The van der Waals surface area contributed by atoms with Crippen LogP contribution in [0.1, 0.15) is 34.8 Å². The number of phenols is 1. The zero-order valence-electron chi connectivity index (χ0n) is 15.5. The molecular weight excluding hydrogens is 340 g/mol. The lowest BCUT2D eigenvalue weighted by Crippen LogP contribution is -2.51. The number of benzene rings is 2. The molecule has 2 aromatic rings. The van der Waals surface area contributed by atoms with Crippen LogP contribution in [-0.2, 0) is 4.74 Å². The minimum absolute atomic E-state index is 0.0152. The number of ether oxygens (including phenoxy) is 1. The summed E-state index contributed by atoms with van der Waals surface area (Å²) in [6, 6.07) is 16.6. The Balaban J connectivity index is 1.63. The molecular formula is C22H26N2O3. The Morgan fingerprint density at radius 2 is 1.70 bits per heavy atom. The predicted molar refractivity (Wildman–Crippen MR) is 104 cm³/mol. The van der Waals surface area contributed by atoms with E-state index in [9.17, 15) is 9.90 Å². The van der Waals surface area contributed by atoms with Crippen LogP contribution in [0.25, 0.3) is 0 Å². The molecule has 0 radical (unpaired) electrons. The molecule has 2 saturated heterocycles. The standard InChI is InChI=1S/C22H26N2O3/c25-19-10-8-18(9-11-19)22(26)24-14-15-27-20(16-23-12-4-5-13-23)21(24)17-6-2-1-3-7-17/h1-3,6-11,20-21,25H,4-5,12-16H2/t20-,21-/m0/s1. The molecule has 2 aliphatic heterocycles. The maximum absolute atomic E-state index is 13.3. The number of likely N-dealkylation sites (tertiary alicyclic amines) is 1. The molecule has 5 heteroatoms. The van der Waals surface area contributed by atoms with Gasteiger partial charge < -0.3 is 19.6 Å². The van der Waals surface area contributed by atoms with Gasteiger partial charge in [0.2, 0.25) is 0 Å². The summed E-state index contributed by atoms with van der Waals surface area (Å²) in [6.07, 6.45) is 2.43. The summed E-state index contributed by atoms with van der Waals surface area (Å²) in [4.78, 5) is 17.6. The van der Waals surface area contributed by atoms with Crippen molar-refractivity contribution >= 4 is 5.91 Å². The quantitative estimate of drug-likeness (QED) is 0.904. The van der Waals surface area contributed by atoms with Crippen molar-refractivity contribution in [1.82, 2.24) is 9.80 Å². The van der Waals surface area contributed by atoms with Crippen LogP contribution < -0.4 is 0 Å². The summed E-state index contributed by atoms with van der Waals surface area (Å²) in [5, 5.41) is 9.53. The van der Waals surface area contributed by atoms with E-state index in [1.807, 2.05) is 23.1 Å². The maximum Gasteiger partial charge on any atom is 0.254 e. The van der Waals surface area contributed by atoms with Crippen molar-refractivity contribution in [3.63, 3.8) is 0 Å². The van der Waals surface area contributed by atoms with E-state index in [2.05, 4.69) is 17.0 Å². The van der Waals surface area contributed by atoms with E-state index in [0.29, 0.717) is 18.7 Å². The molecule has 0 bridgehead atoms. The SMILES string of the molecule is O=C(c1ccc(O)cc1)N1CCO[C@@H](CN2CCCC2)[C@@H]1c1ccccc1. The van der Waals surface area contributed by atoms with E-state index in [1.165, 1.54) is 12.8 Å². The number of amides is 1. The van der Waals surface area contributed by atoms with Gasteiger partial charge in [-0.15, -0.1) is 0 Å². The lowest BCUT2D eigenvalue weighted by molar-refractivity contribution is -0.0707. The Labute approximate surface area is 160 Å². The highest BCUT2D eigenvalue weighted by atomic mass is 16.5. The fraction of sp³-hybridized carbons (Fsp3) is 0.409. The van der Waals surface area contributed by atoms with Gasteiger partial charge in [-0.05, 0) is 55.8 Å². The molecule has 0 aliphatic carbocycles. The third-order valence-corrected chi connectivity index (χ3v) is 5.51. The summed E-state index contributed by atoms with van der Waals surface area (Å²) in [5.74, 6) is 0.152. The molecule has 4 rings (SSSR count). The molecule has 142 valence electrons. The highest BCUT2D eigenvalue weighted by Gasteiger charge is 2.37. The third-order valence-electron chi connectivity index (χ3n) is 5.51. The summed E-state index contributed by atoms with van der Waals surface area (Å²) in [5.41, 5.74) is 1.70. The van der Waals surface area contributed by atoms with E-state index in [1.54, 1.807) is 24.3 Å². The lowest BCUT2D eigenvalue weighted by atomic mass is 9.96. The molecule has 2 heterocycles. The van der Waals surface area contributed by atoms with Crippen molar-refractivity contribution in [1.29, 1.82) is 0 Å². The topological polar surface area (TPSA) is 53.0 Å². The minimum Gasteiger partial charge on any atom is -0.508 e. The largest absolute Gasteiger partial charge is 0.508 e. The van der Waals surface area contributed by atoms with Gasteiger partial charge in [0.1, 0.15) is 5.75 Å². The zero-order chi connectivity index (χ0) is 18.6. The van der Waals surface area contributed by atoms with Crippen LogP contribution in [0, 0.1) is 0 Å². The van der Waals surface area contributed by atoms with Crippen molar-refractivity contribution in [3.8, 4) is 5.75 Å². The van der Waals surface area contributed by atoms with Crippen LogP contribution in [0.15, 0.2) is 54.6 Å². The summed E-state index contributed by atoms with van der Waals surface area (Å²) < 4.78 is 6.17. The zero-order valence-corrected chi connectivity index (χ0v) is 15.5. The molecule has 0 spiro atoms. The smallest absolute Gasteiger partial charge is 0.254 e. The highest BCUT2D eigenvalue weighted by molar-refractivity contribution is 5.94. The molecule has 2 atom stereocenters. The Kier molecular flexibility index (Phi) is 5.41. The van der Waals surface area contributed by atoms with Crippen LogP contribution in [0.5, 0.6) is 5.75 Å². The minimum atomic E-state index is -0.109. The van der Waals surface area contributed by atoms with Crippen LogP contribution in [0.4, 0.5) is 0 Å². The predicted octanol–water partition coefficient (Wildman–Crippen LogP) is 3.07. The number of rotatable bonds is 4. The molecule has 1 amide bonds. The maximum atomic E-state index is 13.3. The van der Waals surface area contributed by atoms with Gasteiger partial charge in [-0.1, -0.05) is 30.3 Å². The van der Waals surface area contributed by atoms with Gasteiger partial charge in [0, 0.05) is 18.7 Å². The van der Waals surface area contributed by atoms with E-state index in [0.717, 1.165) is 25.2 Å². The summed E-state index contributed by atoms with van der Waals surface area (Å²) >= 11 is 0. The monoisotopic (exact) mass is 366 g/mol. The van der Waals surface area contributed by atoms with Gasteiger partial charge in [0.25, 0.3) is 5.91 Å². The number of morpholine rings is 1. The van der Waals surface area contributed by atoms with Gasteiger partial charge in [0.05, 0.1) is 18.8 Å². The third kappa shape index (κ3) is 3.99. The molecule has 2 aliphatic rings. The summed E-state index contributed by atoms with van der Waals surface area (Å²) in [6.45, 7) is 4.17. The number of carbonyl (C=O) groups is 1. The lowest BCUT2D eigenvalue weighted by Gasteiger charge is -2.42. The highest BCUT2D eigenvalue weighted by Crippen LogP contribution is 2.32. The van der Waals surface area contributed by atoms with Crippen molar-refractivity contribution in [3.05, 3.63) is 65.7 Å². The Morgan fingerprint density at radius 3 is 2.41 bits per heavy atom. The first kappa shape index (κ1) is 18.0. The number of nitrogens with zero attached hydrogens (tertiary/aromatic N) is 2. The fourth-order valence-electron chi connectivity index (χ4n) is 4.15. The first-order valence-corrected chi connectivity index (χ1v) is 9.71. The fourth-order valence-corrected chi connectivity index (χ4v) is 4.15. The second-order valence-corrected chi connectivity index (χ2v) is 7.32. The Hall–Kier alpha value is -2.37. The van der Waals surface area contributed by atoms with E-state index in [-0.39, 0.29) is 23.8 Å². The molecule has 0 saturated carbocycles. The first-order valence-electron chi connectivity index (χ1n) is 9.71. The van der Waals surface area contributed by atoms with E-state index >= 15 is 0 Å². The number of phenolic OH excluding ortho intramolecular Hbond substituents is 1. The second-order valence-electron chi connectivity index (χ2n) is 7.32. The Bertz CT molecular complexity index is 757. The molecule has 2 fully saturated rings. The van der Waals surface area contributed by atoms with Crippen LogP contribution in [-0.4, -0.2) is 59.7 Å². The number of carbonyl (C=O) groups excluding carboxylic acids is 1. The molecule has 1 N–H and O–H groups in total.